The summed E-state index contributed by atoms with van der Waals surface area (Å²) < 4.78 is 19.1. The van der Waals surface area contributed by atoms with Crippen molar-refractivity contribution < 1.29 is 9.13 Å². The minimum absolute atomic E-state index is 0.282. The van der Waals surface area contributed by atoms with E-state index in [1.165, 1.54) is 6.07 Å². The standard InChI is InChI=1S/C11H15FINO/c1-2-3-4-5-15-11-6-8(12)9(13)7-10(11)14/h6-7H,2-5,14H2,1H3. The van der Waals surface area contributed by atoms with Gasteiger partial charge in [0, 0.05) is 6.07 Å². The Balaban J connectivity index is 2.57. The summed E-state index contributed by atoms with van der Waals surface area (Å²) in [5.74, 6) is 0.166. The van der Waals surface area contributed by atoms with E-state index in [9.17, 15) is 4.39 Å². The molecule has 0 saturated heterocycles. The quantitative estimate of drug-likeness (QED) is 0.511. The number of hydrogen-bond acceptors (Lipinski definition) is 2. The fourth-order valence-electron chi connectivity index (χ4n) is 1.20. The van der Waals surface area contributed by atoms with Gasteiger partial charge in [-0.25, -0.2) is 4.39 Å². The van der Waals surface area contributed by atoms with Crippen molar-refractivity contribution in [3.05, 3.63) is 21.5 Å². The molecule has 1 aromatic carbocycles. The number of halogens is 2. The molecule has 0 fully saturated rings. The van der Waals surface area contributed by atoms with Gasteiger partial charge in [-0.05, 0) is 35.1 Å². The van der Waals surface area contributed by atoms with Gasteiger partial charge < -0.3 is 10.5 Å². The van der Waals surface area contributed by atoms with Gasteiger partial charge in [-0.1, -0.05) is 19.8 Å². The van der Waals surface area contributed by atoms with Crippen LogP contribution in [0.1, 0.15) is 26.2 Å². The summed E-state index contributed by atoms with van der Waals surface area (Å²) in [6, 6.07) is 2.94. The molecule has 0 bridgehead atoms. The van der Waals surface area contributed by atoms with Crippen molar-refractivity contribution in [2.24, 2.45) is 0 Å². The largest absolute Gasteiger partial charge is 0.491 e. The third-order valence-corrected chi connectivity index (χ3v) is 2.88. The lowest BCUT2D eigenvalue weighted by Gasteiger charge is -2.09. The van der Waals surface area contributed by atoms with Crippen molar-refractivity contribution in [3.8, 4) is 5.75 Å². The van der Waals surface area contributed by atoms with Crippen LogP contribution in [0.3, 0.4) is 0 Å². The van der Waals surface area contributed by atoms with Gasteiger partial charge in [0.2, 0.25) is 0 Å². The maximum Gasteiger partial charge on any atom is 0.145 e. The van der Waals surface area contributed by atoms with E-state index in [4.69, 9.17) is 10.5 Å². The molecule has 0 aliphatic carbocycles. The topological polar surface area (TPSA) is 35.2 Å². The Hall–Kier alpha value is -0.520. The highest BCUT2D eigenvalue weighted by atomic mass is 127. The number of ether oxygens (including phenoxy) is 1. The molecule has 0 aliphatic heterocycles. The van der Waals surface area contributed by atoms with Gasteiger partial charge in [0.15, 0.2) is 0 Å². The molecule has 1 aromatic rings. The molecule has 0 amide bonds. The SMILES string of the molecule is CCCCCOc1cc(F)c(I)cc1N. The van der Waals surface area contributed by atoms with Crippen LogP contribution in [0.5, 0.6) is 5.75 Å². The van der Waals surface area contributed by atoms with Gasteiger partial charge in [0.05, 0.1) is 15.9 Å². The molecule has 0 atom stereocenters. The van der Waals surface area contributed by atoms with E-state index in [1.54, 1.807) is 6.07 Å². The second-order valence-electron chi connectivity index (χ2n) is 3.36. The van der Waals surface area contributed by atoms with Gasteiger partial charge in [0.1, 0.15) is 11.6 Å². The van der Waals surface area contributed by atoms with Gasteiger partial charge >= 0.3 is 0 Å². The molecule has 0 radical (unpaired) electrons. The second kappa shape index (κ2) is 6.15. The van der Waals surface area contributed by atoms with Crippen LogP contribution in [0.15, 0.2) is 12.1 Å². The molecule has 1 rings (SSSR count). The van der Waals surface area contributed by atoms with Crippen LogP contribution in [0.4, 0.5) is 10.1 Å². The number of anilines is 1. The summed E-state index contributed by atoms with van der Waals surface area (Å²) in [5.41, 5.74) is 6.21. The van der Waals surface area contributed by atoms with Crippen molar-refractivity contribution in [2.75, 3.05) is 12.3 Å². The van der Waals surface area contributed by atoms with Crippen molar-refractivity contribution in [3.63, 3.8) is 0 Å². The van der Waals surface area contributed by atoms with Crippen molar-refractivity contribution in [1.29, 1.82) is 0 Å². The number of unbranched alkanes of at least 4 members (excludes halogenated alkanes) is 2. The minimum atomic E-state index is -0.282. The average Bonchev–Trinajstić information content (AvgIpc) is 2.20. The number of benzene rings is 1. The highest BCUT2D eigenvalue weighted by Crippen LogP contribution is 2.26. The fourth-order valence-corrected chi connectivity index (χ4v) is 1.69. The van der Waals surface area contributed by atoms with E-state index in [1.807, 2.05) is 22.6 Å². The molecule has 2 nitrogen and oxygen atoms in total. The number of rotatable bonds is 5. The fraction of sp³-hybridized carbons (Fsp3) is 0.455. The third kappa shape index (κ3) is 3.85. The van der Waals surface area contributed by atoms with Crippen LogP contribution >= 0.6 is 22.6 Å². The Kier molecular flexibility index (Phi) is 5.14. The Morgan fingerprint density at radius 2 is 2.13 bits per heavy atom. The predicted molar refractivity (Wildman–Crippen MR) is 68.5 cm³/mol. The molecule has 0 heterocycles. The summed E-state index contributed by atoms with van der Waals surface area (Å²) in [5, 5.41) is 0. The first-order chi connectivity index (χ1) is 7.15. The Morgan fingerprint density at radius 1 is 1.40 bits per heavy atom. The van der Waals surface area contributed by atoms with Crippen molar-refractivity contribution in [2.45, 2.75) is 26.2 Å². The zero-order valence-corrected chi connectivity index (χ0v) is 10.9. The number of hydrogen-bond donors (Lipinski definition) is 1. The summed E-state index contributed by atoms with van der Waals surface area (Å²) in [6.07, 6.45) is 3.23. The normalized spacial score (nSPS) is 10.3. The molecular formula is C11H15FINO. The van der Waals surface area contributed by atoms with Gasteiger partial charge in [-0.3, -0.25) is 0 Å². The Morgan fingerprint density at radius 3 is 2.80 bits per heavy atom. The van der Waals surface area contributed by atoms with E-state index < -0.39 is 0 Å². The van der Waals surface area contributed by atoms with Gasteiger partial charge in [0.25, 0.3) is 0 Å². The maximum absolute atomic E-state index is 13.2. The smallest absolute Gasteiger partial charge is 0.145 e. The summed E-state index contributed by atoms with van der Waals surface area (Å²) in [4.78, 5) is 0. The zero-order chi connectivity index (χ0) is 11.3. The van der Waals surface area contributed by atoms with E-state index in [0.29, 0.717) is 21.6 Å². The first kappa shape index (κ1) is 12.5. The van der Waals surface area contributed by atoms with Crippen LogP contribution < -0.4 is 10.5 Å². The lowest BCUT2D eigenvalue weighted by Crippen LogP contribution is -2.01. The first-order valence-corrected chi connectivity index (χ1v) is 6.10. The van der Waals surface area contributed by atoms with Gasteiger partial charge in [-0.2, -0.15) is 0 Å². The highest BCUT2D eigenvalue weighted by Gasteiger charge is 2.06. The van der Waals surface area contributed by atoms with Crippen LogP contribution in [0, 0.1) is 9.39 Å². The minimum Gasteiger partial charge on any atom is -0.491 e. The molecule has 84 valence electrons. The van der Waals surface area contributed by atoms with Crippen LogP contribution in [0.25, 0.3) is 0 Å². The summed E-state index contributed by atoms with van der Waals surface area (Å²) in [7, 11) is 0. The molecule has 0 aromatic heterocycles. The second-order valence-corrected chi connectivity index (χ2v) is 4.52. The molecule has 0 aliphatic rings. The molecule has 0 saturated carbocycles. The maximum atomic E-state index is 13.2. The number of nitrogens with two attached hydrogens (primary N) is 1. The van der Waals surface area contributed by atoms with Crippen molar-refractivity contribution >= 4 is 28.3 Å². The Labute approximate surface area is 103 Å². The lowest BCUT2D eigenvalue weighted by molar-refractivity contribution is 0.306. The van der Waals surface area contributed by atoms with Crippen LogP contribution in [-0.2, 0) is 0 Å². The average molecular weight is 323 g/mol. The predicted octanol–water partition coefficient (Wildman–Crippen LogP) is 3.58. The molecule has 2 N–H and O–H groups in total. The Bertz CT molecular complexity index is 331. The third-order valence-electron chi connectivity index (χ3n) is 2.06. The van der Waals surface area contributed by atoms with Crippen LogP contribution in [0.2, 0.25) is 0 Å². The van der Waals surface area contributed by atoms with E-state index in [0.717, 1.165) is 19.3 Å². The van der Waals surface area contributed by atoms with Gasteiger partial charge in [-0.15, -0.1) is 0 Å². The van der Waals surface area contributed by atoms with E-state index in [2.05, 4.69) is 6.92 Å². The first-order valence-electron chi connectivity index (χ1n) is 5.02. The van der Waals surface area contributed by atoms with Crippen molar-refractivity contribution in [1.82, 2.24) is 0 Å². The number of nitrogen functional groups attached to an aromatic ring is 1. The molecule has 0 spiro atoms. The zero-order valence-electron chi connectivity index (χ0n) is 8.72. The summed E-state index contributed by atoms with van der Waals surface area (Å²) in [6.45, 7) is 2.72. The molecular weight excluding hydrogens is 308 g/mol. The van der Waals surface area contributed by atoms with E-state index >= 15 is 0 Å². The molecule has 4 heteroatoms. The van der Waals surface area contributed by atoms with E-state index in [-0.39, 0.29) is 5.82 Å². The van der Waals surface area contributed by atoms with Crippen LogP contribution in [-0.4, -0.2) is 6.61 Å². The summed E-state index contributed by atoms with van der Waals surface area (Å²) >= 11 is 1.91. The highest BCUT2D eigenvalue weighted by molar-refractivity contribution is 14.1. The lowest BCUT2D eigenvalue weighted by atomic mass is 10.2. The molecule has 0 unspecified atom stereocenters. The molecule has 15 heavy (non-hydrogen) atoms. The monoisotopic (exact) mass is 323 g/mol.